The quantitative estimate of drug-likeness (QED) is 0.145. The van der Waals surface area contributed by atoms with Crippen LogP contribution < -0.4 is 0 Å². The number of benzene rings is 14. The molecule has 0 amide bonds. The topological polar surface area (TPSA) is 63.3 Å². The van der Waals surface area contributed by atoms with E-state index in [9.17, 15) is 0 Å². The summed E-state index contributed by atoms with van der Waals surface area (Å²) in [4.78, 5) is 16.2. The first-order valence-electron chi connectivity index (χ1n) is 32.3. The Morgan fingerprint density at radius 1 is 0.158 bits per heavy atom. The Morgan fingerprint density at radius 3 is 0.947 bits per heavy atom. The third kappa shape index (κ3) is 8.11. The molecule has 14 aromatic carbocycles. The Morgan fingerprint density at radius 2 is 0.463 bits per heavy atom. The van der Waals surface area contributed by atoms with Gasteiger partial charge < -0.3 is 22.8 Å². The van der Waals surface area contributed by atoms with Crippen molar-refractivity contribution < 1.29 is 0 Å². The van der Waals surface area contributed by atoms with Crippen LogP contribution in [0.4, 0.5) is 0 Å². The summed E-state index contributed by atoms with van der Waals surface area (Å²) in [5, 5.41) is 12.0. The van der Waals surface area contributed by atoms with Crippen molar-refractivity contribution in [3.63, 3.8) is 0 Å². The van der Waals surface area contributed by atoms with E-state index >= 15 is 0 Å². The van der Waals surface area contributed by atoms with Gasteiger partial charge in [-0.2, -0.15) is 0 Å². The number of aromatic nitrogens is 8. The third-order valence-corrected chi connectivity index (χ3v) is 19.5. The second kappa shape index (κ2) is 20.8. The van der Waals surface area contributed by atoms with E-state index in [0.29, 0.717) is 17.5 Å². The van der Waals surface area contributed by atoms with Gasteiger partial charge in [0, 0.05) is 87.6 Å². The summed E-state index contributed by atoms with van der Waals surface area (Å²) in [6.07, 6.45) is 0. The van der Waals surface area contributed by atoms with Crippen molar-refractivity contribution in [2.45, 2.75) is 0 Å². The summed E-state index contributed by atoms with van der Waals surface area (Å²) < 4.78 is 12.1. The van der Waals surface area contributed by atoms with Gasteiger partial charge in [-0.3, -0.25) is 0 Å². The van der Waals surface area contributed by atoms with Gasteiger partial charge in [0.15, 0.2) is 17.5 Å². The molecule has 0 atom stereocenters. The molecule has 95 heavy (non-hydrogen) atoms. The molecule has 0 aliphatic rings. The molecule has 0 saturated heterocycles. The second-order valence-electron chi connectivity index (χ2n) is 24.7. The molecule has 0 bridgehead atoms. The van der Waals surface area contributed by atoms with Crippen molar-refractivity contribution in [3.05, 3.63) is 328 Å². The molecule has 20 aromatic rings. The minimum Gasteiger partial charge on any atom is -0.309 e. The molecular formula is C87H54N8. The molecule has 20 rings (SSSR count). The van der Waals surface area contributed by atoms with Crippen molar-refractivity contribution in [1.82, 2.24) is 37.8 Å². The molecule has 0 aliphatic heterocycles. The first-order chi connectivity index (χ1) is 47.1. The monoisotopic (exact) mass is 1210 g/mol. The Kier molecular flexibility index (Phi) is 11.6. The van der Waals surface area contributed by atoms with E-state index < -0.39 is 0 Å². The summed E-state index contributed by atoms with van der Waals surface area (Å²) >= 11 is 0. The number of nitrogens with zero attached hydrogens (tertiary/aromatic N) is 8. The second-order valence-corrected chi connectivity index (χ2v) is 24.7. The van der Waals surface area contributed by atoms with E-state index in [1.807, 2.05) is 18.2 Å². The van der Waals surface area contributed by atoms with Crippen LogP contribution in [-0.2, 0) is 0 Å². The molecule has 0 spiro atoms. The van der Waals surface area contributed by atoms with Gasteiger partial charge in [0.25, 0.3) is 0 Å². The molecule has 0 aliphatic carbocycles. The van der Waals surface area contributed by atoms with E-state index in [2.05, 4.69) is 332 Å². The first-order valence-corrected chi connectivity index (χ1v) is 32.3. The Hall–Kier alpha value is -12.9. The smallest absolute Gasteiger partial charge is 0.164 e. The normalized spacial score (nSPS) is 12.0. The van der Waals surface area contributed by atoms with Crippen LogP contribution in [0.3, 0.4) is 0 Å². The van der Waals surface area contributed by atoms with Gasteiger partial charge >= 0.3 is 0 Å². The maximum Gasteiger partial charge on any atom is 0.164 e. The van der Waals surface area contributed by atoms with E-state index in [-0.39, 0.29) is 0 Å². The van der Waals surface area contributed by atoms with Crippen molar-refractivity contribution in [2.24, 2.45) is 0 Å². The van der Waals surface area contributed by atoms with Gasteiger partial charge in [0.2, 0.25) is 0 Å². The molecule has 8 nitrogen and oxygen atoms in total. The highest BCUT2D eigenvalue weighted by Crippen LogP contribution is 2.44. The van der Waals surface area contributed by atoms with Crippen LogP contribution >= 0.6 is 0 Å². The van der Waals surface area contributed by atoms with E-state index in [0.717, 1.165) is 100 Å². The fourth-order valence-corrected chi connectivity index (χ4v) is 15.3. The third-order valence-electron chi connectivity index (χ3n) is 19.5. The highest BCUT2D eigenvalue weighted by atomic mass is 15.1. The number of rotatable bonds is 9. The van der Waals surface area contributed by atoms with Crippen LogP contribution in [0.15, 0.2) is 328 Å². The van der Waals surface area contributed by atoms with Crippen molar-refractivity contribution in [2.75, 3.05) is 0 Å². The molecule has 442 valence electrons. The molecule has 0 fully saturated rings. The van der Waals surface area contributed by atoms with Gasteiger partial charge in [0.1, 0.15) is 0 Å². The predicted octanol–water partition coefficient (Wildman–Crippen LogP) is 22.0. The predicted molar refractivity (Wildman–Crippen MR) is 393 cm³/mol. The molecular weight excluding hydrogens is 1160 g/mol. The van der Waals surface area contributed by atoms with Gasteiger partial charge in [-0.25, -0.2) is 15.0 Å². The van der Waals surface area contributed by atoms with E-state index in [1.54, 1.807) is 0 Å². The van der Waals surface area contributed by atoms with Crippen LogP contribution in [0.25, 0.3) is 183 Å². The van der Waals surface area contributed by atoms with Gasteiger partial charge in [-0.15, -0.1) is 0 Å². The molecule has 0 N–H and O–H groups in total. The van der Waals surface area contributed by atoms with Crippen LogP contribution in [0.1, 0.15) is 0 Å². The number of fused-ring (bicyclic) bond motifs is 15. The van der Waals surface area contributed by atoms with Gasteiger partial charge in [0.05, 0.1) is 66.5 Å². The van der Waals surface area contributed by atoms with Crippen molar-refractivity contribution in [1.29, 1.82) is 0 Å². The van der Waals surface area contributed by atoms with Crippen molar-refractivity contribution >= 4 is 109 Å². The van der Waals surface area contributed by atoms with Crippen LogP contribution in [0, 0.1) is 0 Å². The highest BCUT2D eigenvalue weighted by Gasteiger charge is 2.24. The largest absolute Gasteiger partial charge is 0.309 e. The summed E-state index contributed by atoms with van der Waals surface area (Å²) in [5.41, 5.74) is 21.6. The van der Waals surface area contributed by atoms with Crippen LogP contribution in [0.5, 0.6) is 0 Å². The maximum atomic E-state index is 5.48. The molecule has 0 unspecified atom stereocenters. The van der Waals surface area contributed by atoms with Crippen LogP contribution in [0.2, 0.25) is 0 Å². The van der Waals surface area contributed by atoms with Gasteiger partial charge in [-0.1, -0.05) is 200 Å². The summed E-state index contributed by atoms with van der Waals surface area (Å²) in [6, 6.07) is 118. The molecule has 0 radical (unpaired) electrons. The zero-order valence-electron chi connectivity index (χ0n) is 51.3. The SMILES string of the molecule is c1ccc(-c2nc(-c3cccc(-n4c5ccccc5c5ccccc54)c3)nc(-c3ccc(-n4c5ccccc5c5ccccc54)c(-n4c5ccccc5c5cc(-n6c7ccccc7c7cc(-c8ccc9c(c8)c8ccccc8n9-c8ccccc8)ccc76)ccc54)c3)n2)cc1. The minimum atomic E-state index is 0.569. The molecule has 0 saturated carbocycles. The lowest BCUT2D eigenvalue weighted by molar-refractivity contribution is 1.06. The maximum absolute atomic E-state index is 5.48. The lowest BCUT2D eigenvalue weighted by Gasteiger charge is -2.18. The zero-order valence-corrected chi connectivity index (χ0v) is 51.3. The Labute approximate surface area is 545 Å². The lowest BCUT2D eigenvalue weighted by Crippen LogP contribution is -2.05. The van der Waals surface area contributed by atoms with Crippen molar-refractivity contribution in [3.8, 4) is 73.7 Å². The van der Waals surface area contributed by atoms with E-state index in [4.69, 9.17) is 15.0 Å². The highest BCUT2D eigenvalue weighted by molar-refractivity contribution is 6.16. The summed E-state index contributed by atoms with van der Waals surface area (Å²) in [7, 11) is 0. The zero-order chi connectivity index (χ0) is 62.2. The fourth-order valence-electron chi connectivity index (χ4n) is 15.3. The minimum absolute atomic E-state index is 0.569. The van der Waals surface area contributed by atoms with Crippen LogP contribution in [-0.4, -0.2) is 37.8 Å². The number of hydrogen-bond acceptors (Lipinski definition) is 3. The standard InChI is InChI=1S/C87H54N8/c1-3-22-55(23-4-1)85-88-86(58-24-21-27-61(50-58)92-73-35-14-7-28-63(73)64-29-8-15-36-74(64)92)90-87(89-85)59-44-48-83(94-77-39-18-9-30-65(77)66-31-10-19-40-78(66)94)84(53-59)95-79-41-20-13-34-69(79)72-54-62(45-49-82(72)95)93-76-38-17-12-33-68(76)71-52-57(43-47-81(71)93)56-42-46-80-70(51-56)67-32-11-16-37-75(67)91(80)60-25-5-2-6-26-60/h1-54H. The molecule has 6 heterocycles. The molecule has 8 heteroatoms. The molecule has 6 aromatic heterocycles. The first kappa shape index (κ1) is 52.8. The average Bonchev–Trinajstić information content (AvgIpc) is 1.59. The number of hydrogen-bond donors (Lipinski definition) is 0. The summed E-state index contributed by atoms with van der Waals surface area (Å²) in [5.74, 6) is 1.75. The Balaban J connectivity index is 0.773. The Bertz CT molecular complexity index is 6430. The van der Waals surface area contributed by atoms with E-state index in [1.165, 1.54) is 65.3 Å². The number of para-hydroxylation sites is 8. The average molecular weight is 1210 g/mol. The fraction of sp³-hybridized carbons (Fsp3) is 0. The summed E-state index contributed by atoms with van der Waals surface area (Å²) in [6.45, 7) is 0. The van der Waals surface area contributed by atoms with Gasteiger partial charge in [-0.05, 0) is 139 Å². The lowest BCUT2D eigenvalue weighted by atomic mass is 10.0.